The summed E-state index contributed by atoms with van der Waals surface area (Å²) in [5.74, 6) is 1.07. The number of rotatable bonds is 11. The van der Waals surface area contributed by atoms with Gasteiger partial charge in [0.2, 0.25) is 5.91 Å². The van der Waals surface area contributed by atoms with Crippen LogP contribution in [0.1, 0.15) is 71.8 Å². The number of aromatic nitrogens is 2. The van der Waals surface area contributed by atoms with Crippen molar-refractivity contribution in [3.05, 3.63) is 5.56 Å². The number of hydrogen-bond donors (Lipinski definition) is 1. The molecule has 1 amide bonds. The first kappa shape index (κ1) is 24.7. The van der Waals surface area contributed by atoms with E-state index < -0.39 is 0 Å². The molecule has 3 rings (SSSR count). The summed E-state index contributed by atoms with van der Waals surface area (Å²) in [7, 11) is 0. The van der Waals surface area contributed by atoms with Crippen molar-refractivity contribution >= 4 is 17.5 Å². The topological polar surface area (TPSA) is 87.8 Å². The summed E-state index contributed by atoms with van der Waals surface area (Å²) in [6.07, 6.45) is 6.75. The number of piperazine rings is 1. The Morgan fingerprint density at radius 1 is 0.969 bits per heavy atom. The van der Waals surface area contributed by atoms with Gasteiger partial charge in [-0.3, -0.25) is 14.6 Å². The van der Waals surface area contributed by atoms with Crippen LogP contribution in [0.2, 0.25) is 0 Å². The van der Waals surface area contributed by atoms with Crippen LogP contribution in [0.5, 0.6) is 6.01 Å². The van der Waals surface area contributed by atoms with Crippen LogP contribution in [0, 0.1) is 0 Å². The average Bonchev–Trinajstić information content (AvgIpc) is 3.06. The Balaban J connectivity index is 1.38. The lowest BCUT2D eigenvalue weighted by molar-refractivity contribution is -0.117. The summed E-state index contributed by atoms with van der Waals surface area (Å²) in [5.41, 5.74) is 7.10. The van der Waals surface area contributed by atoms with Crippen molar-refractivity contribution in [2.75, 3.05) is 56.5 Å². The van der Waals surface area contributed by atoms with Gasteiger partial charge in [-0.05, 0) is 46.6 Å². The molecule has 0 aromatic carbocycles. The Morgan fingerprint density at radius 3 is 2.31 bits per heavy atom. The molecule has 8 nitrogen and oxygen atoms in total. The number of carbonyl (C=O) groups is 1. The second kappa shape index (κ2) is 11.3. The molecule has 2 N–H and O–H groups in total. The van der Waals surface area contributed by atoms with Gasteiger partial charge in [-0.15, -0.1) is 0 Å². The number of unbranched alkanes of at least 4 members (excludes halogenated alkanes) is 4. The van der Waals surface area contributed by atoms with Crippen LogP contribution in [-0.2, 0) is 11.2 Å². The molecular formula is C24H42N6O2. The number of nitrogens with two attached hydrogens (primary N) is 1. The van der Waals surface area contributed by atoms with Gasteiger partial charge in [0, 0.05) is 43.8 Å². The van der Waals surface area contributed by atoms with E-state index in [2.05, 4.69) is 47.5 Å². The second-order valence-corrected chi connectivity index (χ2v) is 10.0. The van der Waals surface area contributed by atoms with Crippen LogP contribution in [0.15, 0.2) is 0 Å². The van der Waals surface area contributed by atoms with Gasteiger partial charge in [-0.25, -0.2) is 0 Å². The van der Waals surface area contributed by atoms with Crippen molar-refractivity contribution in [3.8, 4) is 6.01 Å². The summed E-state index contributed by atoms with van der Waals surface area (Å²) < 4.78 is 5.63. The van der Waals surface area contributed by atoms with Gasteiger partial charge < -0.3 is 15.4 Å². The van der Waals surface area contributed by atoms with E-state index in [9.17, 15) is 4.79 Å². The lowest BCUT2D eigenvalue weighted by Crippen LogP contribution is -2.53. The van der Waals surface area contributed by atoms with Crippen LogP contribution in [0.4, 0.5) is 11.6 Å². The van der Waals surface area contributed by atoms with Gasteiger partial charge in [-0.1, -0.05) is 26.2 Å². The highest BCUT2D eigenvalue weighted by atomic mass is 16.5. The number of carbonyl (C=O) groups excluding carboxylic acids is 1. The van der Waals surface area contributed by atoms with E-state index in [-0.39, 0.29) is 23.9 Å². The highest BCUT2D eigenvalue weighted by molar-refractivity contribution is 6.01. The second-order valence-electron chi connectivity index (χ2n) is 10.0. The minimum Gasteiger partial charge on any atom is -0.463 e. The molecule has 0 saturated carbocycles. The molecule has 0 bridgehead atoms. The third kappa shape index (κ3) is 6.54. The average molecular weight is 447 g/mol. The normalized spacial score (nSPS) is 17.8. The Labute approximate surface area is 193 Å². The van der Waals surface area contributed by atoms with E-state index in [0.717, 1.165) is 44.3 Å². The number of anilines is 2. The van der Waals surface area contributed by atoms with Gasteiger partial charge in [-0.2, -0.15) is 9.97 Å². The number of ether oxygens (including phenoxy) is 1. The van der Waals surface area contributed by atoms with E-state index in [4.69, 9.17) is 10.5 Å². The molecule has 0 radical (unpaired) electrons. The molecule has 8 heteroatoms. The van der Waals surface area contributed by atoms with Crippen LogP contribution in [-0.4, -0.2) is 77.1 Å². The largest absolute Gasteiger partial charge is 0.463 e. The van der Waals surface area contributed by atoms with Gasteiger partial charge in [0.1, 0.15) is 11.6 Å². The fourth-order valence-electron chi connectivity index (χ4n) is 4.43. The maximum Gasteiger partial charge on any atom is 0.320 e. The first-order valence-corrected chi connectivity index (χ1v) is 12.4. The summed E-state index contributed by atoms with van der Waals surface area (Å²) in [4.78, 5) is 28.2. The van der Waals surface area contributed by atoms with E-state index in [1.165, 1.54) is 32.5 Å². The zero-order valence-corrected chi connectivity index (χ0v) is 20.5. The lowest BCUT2D eigenvalue weighted by atomic mass is 10.0. The van der Waals surface area contributed by atoms with Gasteiger partial charge >= 0.3 is 6.01 Å². The minimum absolute atomic E-state index is 0.0587. The van der Waals surface area contributed by atoms with Crippen molar-refractivity contribution in [2.45, 2.75) is 78.2 Å². The zero-order chi connectivity index (χ0) is 23.1. The molecule has 3 heterocycles. The number of hydrogen-bond acceptors (Lipinski definition) is 7. The lowest BCUT2D eigenvalue weighted by Gasteiger charge is -2.42. The van der Waals surface area contributed by atoms with E-state index in [0.29, 0.717) is 24.8 Å². The molecule has 1 saturated heterocycles. The fraction of sp³-hybridized carbons (Fsp3) is 0.792. The quantitative estimate of drug-likeness (QED) is 0.523. The molecule has 1 aromatic rings. The van der Waals surface area contributed by atoms with Crippen LogP contribution < -0.4 is 15.4 Å². The monoisotopic (exact) mass is 446 g/mol. The highest BCUT2D eigenvalue weighted by Gasteiger charge is 2.32. The maximum absolute atomic E-state index is 12.5. The number of fused-ring (bicyclic) bond motifs is 1. The highest BCUT2D eigenvalue weighted by Crippen LogP contribution is 2.32. The van der Waals surface area contributed by atoms with Crippen molar-refractivity contribution in [1.82, 2.24) is 19.8 Å². The van der Waals surface area contributed by atoms with E-state index in [1.807, 2.05) is 0 Å². The van der Waals surface area contributed by atoms with Crippen molar-refractivity contribution < 1.29 is 9.53 Å². The Hall–Kier alpha value is -1.93. The predicted octanol–water partition coefficient (Wildman–Crippen LogP) is 3.10. The SMILES string of the molecule is CCCCOc1nc(N)c2c(n1)N(CCCCCCN1CCN(C(C)(C)C)CC1)C(=O)C2. The molecule has 2 aliphatic rings. The molecule has 32 heavy (non-hydrogen) atoms. The van der Waals surface area contributed by atoms with Crippen molar-refractivity contribution in [2.24, 2.45) is 0 Å². The molecule has 0 unspecified atom stereocenters. The standard InChI is InChI=1S/C24H42N6O2/c1-5-6-17-32-23-26-21(25)19-18-20(31)30(22(19)27-23)12-10-8-7-9-11-28-13-15-29(16-14-28)24(2,3)4/h5-18H2,1-4H3,(H2,25,26,27). The molecule has 0 spiro atoms. The molecule has 2 aliphatic heterocycles. The van der Waals surface area contributed by atoms with Gasteiger partial charge in [0.25, 0.3) is 0 Å². The fourth-order valence-corrected chi connectivity index (χ4v) is 4.43. The number of amides is 1. The summed E-state index contributed by atoms with van der Waals surface area (Å²) in [5, 5.41) is 0. The molecule has 1 aromatic heterocycles. The molecule has 1 fully saturated rings. The third-order valence-corrected chi connectivity index (χ3v) is 6.54. The third-order valence-electron chi connectivity index (χ3n) is 6.54. The minimum atomic E-state index is 0.0587. The maximum atomic E-state index is 12.5. The van der Waals surface area contributed by atoms with Gasteiger partial charge in [0.05, 0.1) is 13.0 Å². The van der Waals surface area contributed by atoms with Crippen molar-refractivity contribution in [3.63, 3.8) is 0 Å². The Morgan fingerprint density at radius 2 is 1.66 bits per heavy atom. The molecule has 180 valence electrons. The Bertz CT molecular complexity index is 756. The first-order chi connectivity index (χ1) is 15.3. The zero-order valence-electron chi connectivity index (χ0n) is 20.5. The smallest absolute Gasteiger partial charge is 0.320 e. The molecular weight excluding hydrogens is 404 g/mol. The van der Waals surface area contributed by atoms with E-state index >= 15 is 0 Å². The number of nitrogen functional groups attached to an aromatic ring is 1. The van der Waals surface area contributed by atoms with Crippen LogP contribution >= 0.6 is 0 Å². The summed E-state index contributed by atoms with van der Waals surface area (Å²) in [6.45, 7) is 16.1. The molecule has 0 atom stereocenters. The van der Waals surface area contributed by atoms with Crippen LogP contribution in [0.3, 0.4) is 0 Å². The van der Waals surface area contributed by atoms with E-state index in [1.54, 1.807) is 4.90 Å². The first-order valence-electron chi connectivity index (χ1n) is 12.4. The summed E-state index contributed by atoms with van der Waals surface area (Å²) in [6, 6.07) is 0.279. The molecule has 0 aliphatic carbocycles. The number of nitrogens with zero attached hydrogens (tertiary/aromatic N) is 5. The van der Waals surface area contributed by atoms with Crippen molar-refractivity contribution in [1.29, 1.82) is 0 Å². The summed E-state index contributed by atoms with van der Waals surface area (Å²) >= 11 is 0. The van der Waals surface area contributed by atoms with Crippen LogP contribution in [0.25, 0.3) is 0 Å². The predicted molar refractivity (Wildman–Crippen MR) is 129 cm³/mol. The van der Waals surface area contributed by atoms with Gasteiger partial charge in [0.15, 0.2) is 0 Å². The Kier molecular flexibility index (Phi) is 8.71.